The first-order valence-electron chi connectivity index (χ1n) is 6.92. The summed E-state index contributed by atoms with van der Waals surface area (Å²) in [6.45, 7) is 10.7. The Morgan fingerprint density at radius 2 is 1.60 bits per heavy atom. The van der Waals surface area contributed by atoms with E-state index in [9.17, 15) is 0 Å². The van der Waals surface area contributed by atoms with Crippen molar-refractivity contribution in [2.75, 3.05) is 5.73 Å². The molecule has 0 aromatic heterocycles. The zero-order chi connectivity index (χ0) is 14.9. The summed E-state index contributed by atoms with van der Waals surface area (Å²) in [6.07, 6.45) is 0. The SMILES string of the molecule is Cc1cc(N)cc(Oc2cc(C)ccc2C(C)(C)C)c1. The largest absolute Gasteiger partial charge is 0.457 e. The predicted molar refractivity (Wildman–Crippen MR) is 85.5 cm³/mol. The molecule has 0 unspecified atom stereocenters. The van der Waals surface area contributed by atoms with E-state index in [1.165, 1.54) is 11.1 Å². The summed E-state index contributed by atoms with van der Waals surface area (Å²) in [5.74, 6) is 1.70. The topological polar surface area (TPSA) is 35.2 Å². The average Bonchev–Trinajstić information content (AvgIpc) is 2.25. The van der Waals surface area contributed by atoms with Crippen molar-refractivity contribution >= 4 is 5.69 Å². The van der Waals surface area contributed by atoms with Crippen LogP contribution in [0.5, 0.6) is 11.5 Å². The zero-order valence-corrected chi connectivity index (χ0v) is 12.9. The van der Waals surface area contributed by atoms with Gasteiger partial charge in [-0.15, -0.1) is 0 Å². The molecule has 0 saturated heterocycles. The van der Waals surface area contributed by atoms with E-state index in [0.29, 0.717) is 0 Å². The van der Waals surface area contributed by atoms with Crippen molar-refractivity contribution in [3.05, 3.63) is 53.1 Å². The normalized spacial score (nSPS) is 11.4. The first kappa shape index (κ1) is 14.4. The molecule has 2 N–H and O–H groups in total. The molecule has 2 nitrogen and oxygen atoms in total. The molecule has 0 radical (unpaired) electrons. The van der Waals surface area contributed by atoms with Crippen molar-refractivity contribution < 1.29 is 4.74 Å². The van der Waals surface area contributed by atoms with Gasteiger partial charge in [0.05, 0.1) is 0 Å². The summed E-state index contributed by atoms with van der Waals surface area (Å²) in [4.78, 5) is 0. The number of aryl methyl sites for hydroxylation is 2. The third kappa shape index (κ3) is 3.32. The third-order valence-electron chi connectivity index (χ3n) is 3.25. The summed E-state index contributed by atoms with van der Waals surface area (Å²) in [5.41, 5.74) is 10.1. The van der Waals surface area contributed by atoms with Gasteiger partial charge in [-0.1, -0.05) is 32.9 Å². The number of benzene rings is 2. The van der Waals surface area contributed by atoms with E-state index in [-0.39, 0.29) is 5.41 Å². The van der Waals surface area contributed by atoms with Crippen LogP contribution in [-0.4, -0.2) is 0 Å². The van der Waals surface area contributed by atoms with Gasteiger partial charge >= 0.3 is 0 Å². The Bertz CT molecular complexity index is 604. The molecule has 2 heteroatoms. The second-order valence-electron chi connectivity index (χ2n) is 6.43. The van der Waals surface area contributed by atoms with Gasteiger partial charge in [-0.3, -0.25) is 0 Å². The molecule has 0 atom stereocenters. The predicted octanol–water partition coefficient (Wildman–Crippen LogP) is 4.98. The fourth-order valence-electron chi connectivity index (χ4n) is 2.30. The molecular formula is C18H23NO. The number of ether oxygens (including phenoxy) is 1. The third-order valence-corrected chi connectivity index (χ3v) is 3.25. The number of nitrogen functional groups attached to an aromatic ring is 1. The van der Waals surface area contributed by atoms with Gasteiger partial charge in [0.25, 0.3) is 0 Å². The van der Waals surface area contributed by atoms with Crippen LogP contribution >= 0.6 is 0 Å². The van der Waals surface area contributed by atoms with E-state index in [1.807, 2.05) is 25.1 Å². The van der Waals surface area contributed by atoms with Crippen LogP contribution in [0.2, 0.25) is 0 Å². The second kappa shape index (κ2) is 5.20. The first-order valence-corrected chi connectivity index (χ1v) is 6.92. The summed E-state index contributed by atoms with van der Waals surface area (Å²) in [6, 6.07) is 12.2. The van der Waals surface area contributed by atoms with E-state index in [1.54, 1.807) is 0 Å². The maximum Gasteiger partial charge on any atom is 0.131 e. The monoisotopic (exact) mass is 269 g/mol. The quantitative estimate of drug-likeness (QED) is 0.781. The molecule has 2 aromatic rings. The number of nitrogens with two attached hydrogens (primary N) is 1. The van der Waals surface area contributed by atoms with Gasteiger partial charge in [0.1, 0.15) is 11.5 Å². The van der Waals surface area contributed by atoms with Gasteiger partial charge in [0.15, 0.2) is 0 Å². The molecular weight excluding hydrogens is 246 g/mol. The van der Waals surface area contributed by atoms with Crippen molar-refractivity contribution in [1.29, 1.82) is 0 Å². The minimum Gasteiger partial charge on any atom is -0.457 e. The zero-order valence-electron chi connectivity index (χ0n) is 12.9. The fourth-order valence-corrected chi connectivity index (χ4v) is 2.30. The number of hydrogen-bond donors (Lipinski definition) is 1. The van der Waals surface area contributed by atoms with Crippen LogP contribution in [0.3, 0.4) is 0 Å². The Morgan fingerprint density at radius 1 is 0.900 bits per heavy atom. The lowest BCUT2D eigenvalue weighted by Crippen LogP contribution is -2.12. The van der Waals surface area contributed by atoms with Crippen molar-refractivity contribution in [3.63, 3.8) is 0 Å². The molecule has 0 saturated carbocycles. The second-order valence-corrected chi connectivity index (χ2v) is 6.43. The van der Waals surface area contributed by atoms with Crippen molar-refractivity contribution in [1.82, 2.24) is 0 Å². The Labute approximate surface area is 121 Å². The van der Waals surface area contributed by atoms with Crippen LogP contribution in [0.1, 0.15) is 37.5 Å². The number of hydrogen-bond acceptors (Lipinski definition) is 2. The molecule has 0 aliphatic carbocycles. The summed E-state index contributed by atoms with van der Waals surface area (Å²) in [7, 11) is 0. The minimum atomic E-state index is 0.0401. The maximum atomic E-state index is 6.10. The van der Waals surface area contributed by atoms with Crippen LogP contribution in [0.4, 0.5) is 5.69 Å². The highest BCUT2D eigenvalue weighted by molar-refractivity contribution is 5.50. The lowest BCUT2D eigenvalue weighted by molar-refractivity contribution is 0.455. The van der Waals surface area contributed by atoms with Gasteiger partial charge < -0.3 is 10.5 Å². The molecule has 0 heterocycles. The molecule has 0 spiro atoms. The number of anilines is 1. The van der Waals surface area contributed by atoms with Crippen LogP contribution in [0, 0.1) is 13.8 Å². The van der Waals surface area contributed by atoms with Crippen molar-refractivity contribution in [3.8, 4) is 11.5 Å². The minimum absolute atomic E-state index is 0.0401. The highest BCUT2D eigenvalue weighted by Gasteiger charge is 2.19. The van der Waals surface area contributed by atoms with Crippen LogP contribution in [-0.2, 0) is 5.41 Å². The van der Waals surface area contributed by atoms with Crippen LogP contribution in [0.25, 0.3) is 0 Å². The number of rotatable bonds is 2. The van der Waals surface area contributed by atoms with Gasteiger partial charge in [-0.05, 0) is 48.6 Å². The summed E-state index contributed by atoms with van der Waals surface area (Å²) in [5, 5.41) is 0. The van der Waals surface area contributed by atoms with Crippen LogP contribution < -0.4 is 10.5 Å². The van der Waals surface area contributed by atoms with Crippen molar-refractivity contribution in [2.24, 2.45) is 0 Å². The maximum absolute atomic E-state index is 6.10. The molecule has 0 fully saturated rings. The van der Waals surface area contributed by atoms with Gasteiger partial charge in [-0.2, -0.15) is 0 Å². The smallest absolute Gasteiger partial charge is 0.131 e. The Balaban J connectivity index is 2.44. The van der Waals surface area contributed by atoms with Crippen LogP contribution in [0.15, 0.2) is 36.4 Å². The lowest BCUT2D eigenvalue weighted by atomic mass is 9.86. The fraction of sp³-hybridized carbons (Fsp3) is 0.333. The van der Waals surface area contributed by atoms with E-state index < -0.39 is 0 Å². The standard InChI is InChI=1S/C18H23NO/c1-12-6-7-16(18(3,4)5)17(10-12)20-15-9-13(2)8-14(19)11-15/h6-11H,19H2,1-5H3. The molecule has 2 aromatic carbocycles. The molecule has 2 rings (SSSR count). The lowest BCUT2D eigenvalue weighted by Gasteiger charge is -2.23. The molecule has 0 bridgehead atoms. The Kier molecular flexibility index (Phi) is 3.76. The average molecular weight is 269 g/mol. The molecule has 106 valence electrons. The van der Waals surface area contributed by atoms with E-state index in [0.717, 1.165) is 22.7 Å². The Morgan fingerprint density at radius 3 is 2.20 bits per heavy atom. The van der Waals surface area contributed by atoms with Crippen molar-refractivity contribution in [2.45, 2.75) is 40.0 Å². The van der Waals surface area contributed by atoms with Gasteiger partial charge in [0, 0.05) is 17.3 Å². The van der Waals surface area contributed by atoms with Gasteiger partial charge in [0.2, 0.25) is 0 Å². The molecule has 0 amide bonds. The molecule has 20 heavy (non-hydrogen) atoms. The summed E-state index contributed by atoms with van der Waals surface area (Å²) >= 11 is 0. The first-order chi connectivity index (χ1) is 9.25. The molecule has 0 aliphatic heterocycles. The summed E-state index contributed by atoms with van der Waals surface area (Å²) < 4.78 is 6.10. The van der Waals surface area contributed by atoms with E-state index >= 15 is 0 Å². The highest BCUT2D eigenvalue weighted by Crippen LogP contribution is 2.35. The van der Waals surface area contributed by atoms with Gasteiger partial charge in [-0.25, -0.2) is 0 Å². The van der Waals surface area contributed by atoms with E-state index in [4.69, 9.17) is 10.5 Å². The Hall–Kier alpha value is -1.96. The molecule has 0 aliphatic rings. The highest BCUT2D eigenvalue weighted by atomic mass is 16.5. The van der Waals surface area contributed by atoms with E-state index in [2.05, 4.69) is 45.9 Å².